The first-order valence-electron chi connectivity index (χ1n) is 25.5. The molecule has 0 amide bonds. The summed E-state index contributed by atoms with van der Waals surface area (Å²) in [6.07, 6.45) is 55.7. The Morgan fingerprint density at radius 3 is 1.07 bits per heavy atom. The summed E-state index contributed by atoms with van der Waals surface area (Å²) in [6.45, 7) is 6.57. The molecule has 0 aromatic heterocycles. The van der Waals surface area contributed by atoms with E-state index in [9.17, 15) is 14.4 Å². The van der Waals surface area contributed by atoms with Crippen molar-refractivity contribution in [2.24, 2.45) is 0 Å². The van der Waals surface area contributed by atoms with Gasteiger partial charge in [-0.25, -0.2) is 0 Å². The van der Waals surface area contributed by atoms with Crippen LogP contribution in [0.15, 0.2) is 36.5 Å². The van der Waals surface area contributed by atoms with Gasteiger partial charge in [0, 0.05) is 19.3 Å². The second-order valence-electron chi connectivity index (χ2n) is 17.1. The van der Waals surface area contributed by atoms with E-state index in [1.165, 1.54) is 154 Å². The predicted molar refractivity (Wildman–Crippen MR) is 252 cm³/mol. The second-order valence-corrected chi connectivity index (χ2v) is 17.1. The Hall–Kier alpha value is -2.37. The zero-order valence-corrected chi connectivity index (χ0v) is 39.3. The molecule has 59 heavy (non-hydrogen) atoms. The quantitative estimate of drug-likeness (QED) is 0.0263. The van der Waals surface area contributed by atoms with E-state index in [0.717, 1.165) is 64.2 Å². The standard InChI is InChI=1S/C53H96O6/c1-4-7-10-13-16-19-22-25-28-31-34-37-40-43-46-52(55)58-49-50(48-57-51(54)45-42-39-36-33-30-27-24-21-18-15-12-9-6-3)59-53(56)47-44-41-38-35-32-29-26-23-20-17-14-11-8-5-2/h27-28,30-31,36,39,50H,4-26,29,32-35,37-38,40-49H2,1-3H3/b30-27-,31-28-,39-36-. The lowest BCUT2D eigenvalue weighted by molar-refractivity contribution is -0.166. The van der Waals surface area contributed by atoms with Gasteiger partial charge in [0.05, 0.1) is 0 Å². The molecule has 0 fully saturated rings. The van der Waals surface area contributed by atoms with Crippen LogP contribution in [0.3, 0.4) is 0 Å². The molecule has 6 heteroatoms. The molecule has 1 unspecified atom stereocenters. The molecular weight excluding hydrogens is 733 g/mol. The Labute approximate surface area is 365 Å². The highest BCUT2D eigenvalue weighted by Crippen LogP contribution is 2.15. The van der Waals surface area contributed by atoms with E-state index in [0.29, 0.717) is 19.3 Å². The fourth-order valence-electron chi connectivity index (χ4n) is 7.25. The lowest BCUT2D eigenvalue weighted by Crippen LogP contribution is -2.30. The minimum Gasteiger partial charge on any atom is -0.462 e. The van der Waals surface area contributed by atoms with Crippen molar-refractivity contribution in [2.75, 3.05) is 13.2 Å². The van der Waals surface area contributed by atoms with Crippen LogP contribution in [-0.4, -0.2) is 37.2 Å². The maximum atomic E-state index is 12.8. The fourth-order valence-corrected chi connectivity index (χ4v) is 7.25. The third-order valence-corrected chi connectivity index (χ3v) is 11.1. The van der Waals surface area contributed by atoms with Gasteiger partial charge in [0.15, 0.2) is 6.10 Å². The van der Waals surface area contributed by atoms with Crippen molar-refractivity contribution in [3.63, 3.8) is 0 Å². The van der Waals surface area contributed by atoms with Crippen molar-refractivity contribution >= 4 is 17.9 Å². The van der Waals surface area contributed by atoms with E-state index in [1.54, 1.807) is 0 Å². The number of carbonyl (C=O) groups is 3. The second kappa shape index (κ2) is 48.3. The minimum absolute atomic E-state index is 0.0943. The Morgan fingerprint density at radius 2 is 0.644 bits per heavy atom. The molecule has 0 spiro atoms. The first-order chi connectivity index (χ1) is 29.0. The highest BCUT2D eigenvalue weighted by atomic mass is 16.6. The molecule has 0 heterocycles. The van der Waals surface area contributed by atoms with Gasteiger partial charge in [0.1, 0.15) is 13.2 Å². The van der Waals surface area contributed by atoms with Crippen LogP contribution in [-0.2, 0) is 28.6 Å². The molecule has 344 valence electrons. The van der Waals surface area contributed by atoms with E-state index in [1.807, 2.05) is 6.08 Å². The highest BCUT2D eigenvalue weighted by molar-refractivity contribution is 5.71. The predicted octanol–water partition coefficient (Wildman–Crippen LogP) is 16.5. The molecule has 0 aromatic rings. The van der Waals surface area contributed by atoms with E-state index in [-0.39, 0.29) is 37.5 Å². The molecule has 0 aromatic carbocycles. The van der Waals surface area contributed by atoms with Crippen molar-refractivity contribution in [1.29, 1.82) is 0 Å². The topological polar surface area (TPSA) is 78.9 Å². The summed E-state index contributed by atoms with van der Waals surface area (Å²) >= 11 is 0. The molecule has 0 saturated heterocycles. The fraction of sp³-hybridized carbons (Fsp3) is 0.830. The maximum absolute atomic E-state index is 12.8. The van der Waals surface area contributed by atoms with Crippen LogP contribution in [0, 0.1) is 0 Å². The van der Waals surface area contributed by atoms with Gasteiger partial charge in [-0.2, -0.15) is 0 Å². The van der Waals surface area contributed by atoms with Crippen LogP contribution in [0.4, 0.5) is 0 Å². The Kier molecular flexibility index (Phi) is 46.4. The van der Waals surface area contributed by atoms with Gasteiger partial charge in [-0.05, 0) is 64.2 Å². The number of allylic oxidation sites excluding steroid dienone is 6. The summed E-state index contributed by atoms with van der Waals surface area (Å²) in [5.74, 6) is -0.970. The van der Waals surface area contributed by atoms with Crippen LogP contribution in [0.25, 0.3) is 0 Å². The van der Waals surface area contributed by atoms with Gasteiger partial charge in [-0.1, -0.05) is 218 Å². The maximum Gasteiger partial charge on any atom is 0.306 e. The van der Waals surface area contributed by atoms with Crippen LogP contribution in [0.5, 0.6) is 0 Å². The Bertz CT molecular complexity index is 1000. The van der Waals surface area contributed by atoms with Crippen LogP contribution >= 0.6 is 0 Å². The van der Waals surface area contributed by atoms with Crippen molar-refractivity contribution in [3.8, 4) is 0 Å². The lowest BCUT2D eigenvalue weighted by Gasteiger charge is -2.18. The molecule has 0 N–H and O–H groups in total. The molecule has 0 saturated carbocycles. The first kappa shape index (κ1) is 56.6. The third kappa shape index (κ3) is 46.5. The number of ether oxygens (including phenoxy) is 3. The van der Waals surface area contributed by atoms with Gasteiger partial charge >= 0.3 is 17.9 Å². The van der Waals surface area contributed by atoms with Gasteiger partial charge in [-0.3, -0.25) is 14.4 Å². The lowest BCUT2D eigenvalue weighted by atomic mass is 10.0. The monoisotopic (exact) mass is 829 g/mol. The van der Waals surface area contributed by atoms with E-state index < -0.39 is 6.10 Å². The molecule has 0 radical (unpaired) electrons. The molecule has 1 atom stereocenters. The third-order valence-electron chi connectivity index (χ3n) is 11.1. The van der Waals surface area contributed by atoms with E-state index >= 15 is 0 Å². The van der Waals surface area contributed by atoms with Crippen molar-refractivity contribution in [2.45, 2.75) is 271 Å². The van der Waals surface area contributed by atoms with Crippen LogP contribution in [0.1, 0.15) is 265 Å². The highest BCUT2D eigenvalue weighted by Gasteiger charge is 2.19. The van der Waals surface area contributed by atoms with Gasteiger partial charge in [0.25, 0.3) is 0 Å². The number of esters is 3. The number of hydrogen-bond acceptors (Lipinski definition) is 6. The van der Waals surface area contributed by atoms with Crippen LogP contribution in [0.2, 0.25) is 0 Å². The molecule has 0 aliphatic carbocycles. The summed E-state index contributed by atoms with van der Waals surface area (Å²) in [4.78, 5) is 37.9. The Balaban J connectivity index is 4.43. The van der Waals surface area contributed by atoms with Gasteiger partial charge in [-0.15, -0.1) is 0 Å². The van der Waals surface area contributed by atoms with Gasteiger partial charge < -0.3 is 14.2 Å². The number of hydrogen-bond donors (Lipinski definition) is 0. The summed E-state index contributed by atoms with van der Waals surface area (Å²) in [6, 6.07) is 0. The minimum atomic E-state index is -0.796. The summed E-state index contributed by atoms with van der Waals surface area (Å²) in [5.41, 5.74) is 0. The molecule has 6 nitrogen and oxygen atoms in total. The van der Waals surface area contributed by atoms with Gasteiger partial charge in [0.2, 0.25) is 0 Å². The largest absolute Gasteiger partial charge is 0.462 e. The zero-order chi connectivity index (χ0) is 43.0. The summed E-state index contributed by atoms with van der Waals surface area (Å²) in [7, 11) is 0. The molecule has 0 bridgehead atoms. The molecule has 0 aliphatic rings. The van der Waals surface area contributed by atoms with Crippen LogP contribution < -0.4 is 0 Å². The Morgan fingerprint density at radius 1 is 0.339 bits per heavy atom. The SMILES string of the molecule is CCCCCCCC/C=C\C/C=C\CCC(=O)OCC(COC(=O)CCCCC/C=C\CCCCCCCCC)OC(=O)CCCCCCCCCCCCCCCC. The smallest absolute Gasteiger partial charge is 0.306 e. The van der Waals surface area contributed by atoms with E-state index in [4.69, 9.17) is 14.2 Å². The average Bonchev–Trinajstić information content (AvgIpc) is 3.23. The molecule has 0 aliphatic heterocycles. The normalized spacial score (nSPS) is 12.3. The number of rotatable bonds is 46. The molecule has 0 rings (SSSR count). The number of carbonyl (C=O) groups excluding carboxylic acids is 3. The summed E-state index contributed by atoms with van der Waals surface area (Å²) < 4.78 is 16.7. The molecular formula is C53H96O6. The van der Waals surface area contributed by atoms with Crippen molar-refractivity contribution < 1.29 is 28.6 Å². The first-order valence-corrected chi connectivity index (χ1v) is 25.5. The zero-order valence-electron chi connectivity index (χ0n) is 39.3. The average molecular weight is 829 g/mol. The summed E-state index contributed by atoms with van der Waals surface area (Å²) in [5, 5.41) is 0. The number of unbranched alkanes of at least 4 members (excludes halogenated alkanes) is 29. The van der Waals surface area contributed by atoms with Crippen molar-refractivity contribution in [3.05, 3.63) is 36.5 Å². The van der Waals surface area contributed by atoms with E-state index in [2.05, 4.69) is 51.2 Å². The van der Waals surface area contributed by atoms with Crippen molar-refractivity contribution in [1.82, 2.24) is 0 Å².